The number of methoxy groups -OCH3 is 2. The third kappa shape index (κ3) is 3.11. The van der Waals surface area contributed by atoms with Crippen molar-refractivity contribution in [3.8, 4) is 11.5 Å². The van der Waals surface area contributed by atoms with Crippen LogP contribution in [0, 0.1) is 0 Å². The maximum atomic E-state index is 12.2. The Balaban J connectivity index is 1.83. The van der Waals surface area contributed by atoms with Crippen molar-refractivity contribution >= 4 is 22.8 Å². The van der Waals surface area contributed by atoms with E-state index in [9.17, 15) is 4.79 Å². The van der Waals surface area contributed by atoms with E-state index in [1.807, 2.05) is 30.3 Å². The summed E-state index contributed by atoms with van der Waals surface area (Å²) in [6.45, 7) is 0. The first kappa shape index (κ1) is 14.9. The number of benzene rings is 2. The lowest BCUT2D eigenvalue weighted by molar-refractivity contribution is 0.102. The Bertz CT molecular complexity index is 841. The molecule has 0 aliphatic heterocycles. The second kappa shape index (κ2) is 6.40. The fraction of sp³-hybridized carbons (Fsp3) is 0.105. The normalized spacial score (nSPS) is 11.0. The molecule has 0 aliphatic rings. The van der Waals surface area contributed by atoms with Crippen LogP contribution in [0.5, 0.6) is 11.5 Å². The van der Waals surface area contributed by atoms with Gasteiger partial charge < -0.3 is 13.9 Å². The quantitative estimate of drug-likeness (QED) is 0.519. The van der Waals surface area contributed by atoms with E-state index in [2.05, 4.69) is 0 Å². The summed E-state index contributed by atoms with van der Waals surface area (Å²) in [6, 6.07) is 14.7. The van der Waals surface area contributed by atoms with Gasteiger partial charge in [0.2, 0.25) is 5.78 Å². The molecule has 0 unspecified atom stereocenters. The first-order valence-corrected chi connectivity index (χ1v) is 7.14. The van der Waals surface area contributed by atoms with Crippen molar-refractivity contribution in [2.45, 2.75) is 0 Å². The molecule has 23 heavy (non-hydrogen) atoms. The van der Waals surface area contributed by atoms with Crippen LogP contribution < -0.4 is 9.47 Å². The maximum Gasteiger partial charge on any atom is 0.221 e. The number of fused-ring (bicyclic) bond motifs is 1. The van der Waals surface area contributed by atoms with Crippen LogP contribution in [0.2, 0.25) is 0 Å². The van der Waals surface area contributed by atoms with Crippen LogP contribution >= 0.6 is 0 Å². The van der Waals surface area contributed by atoms with Crippen LogP contribution in [0.25, 0.3) is 17.0 Å². The Hall–Kier alpha value is -3.01. The van der Waals surface area contributed by atoms with E-state index in [0.717, 1.165) is 10.9 Å². The first-order valence-electron chi connectivity index (χ1n) is 7.14. The van der Waals surface area contributed by atoms with Crippen LogP contribution in [0.1, 0.15) is 16.1 Å². The number of carbonyl (C=O) groups excluding carboxylic acids is 1. The molecule has 0 bridgehead atoms. The third-order valence-electron chi connectivity index (χ3n) is 3.50. The minimum absolute atomic E-state index is 0.184. The smallest absolute Gasteiger partial charge is 0.221 e. The van der Waals surface area contributed by atoms with Gasteiger partial charge in [0.15, 0.2) is 17.3 Å². The second-order valence-corrected chi connectivity index (χ2v) is 4.96. The van der Waals surface area contributed by atoms with Gasteiger partial charge in [0.1, 0.15) is 5.58 Å². The third-order valence-corrected chi connectivity index (χ3v) is 3.50. The van der Waals surface area contributed by atoms with E-state index in [1.165, 1.54) is 6.08 Å². The predicted molar refractivity (Wildman–Crippen MR) is 89.1 cm³/mol. The lowest BCUT2D eigenvalue weighted by Crippen LogP contribution is -1.92. The molecule has 1 heterocycles. The van der Waals surface area contributed by atoms with Gasteiger partial charge in [-0.3, -0.25) is 4.79 Å². The number of para-hydroxylation sites is 1. The highest BCUT2D eigenvalue weighted by atomic mass is 16.5. The molecule has 0 saturated heterocycles. The fourth-order valence-electron chi connectivity index (χ4n) is 2.31. The lowest BCUT2D eigenvalue weighted by atomic mass is 10.1. The number of allylic oxidation sites excluding steroid dienone is 1. The van der Waals surface area contributed by atoms with Gasteiger partial charge in [0.25, 0.3) is 0 Å². The topological polar surface area (TPSA) is 48.7 Å². The first-order chi connectivity index (χ1) is 11.2. The van der Waals surface area contributed by atoms with Gasteiger partial charge in [-0.05, 0) is 35.9 Å². The summed E-state index contributed by atoms with van der Waals surface area (Å²) in [5, 5.41) is 0.912. The fourth-order valence-corrected chi connectivity index (χ4v) is 2.31. The number of furan rings is 1. The van der Waals surface area contributed by atoms with E-state index < -0.39 is 0 Å². The Morgan fingerprint density at radius 1 is 1.00 bits per heavy atom. The largest absolute Gasteiger partial charge is 0.493 e. The lowest BCUT2D eigenvalue weighted by Gasteiger charge is -2.07. The van der Waals surface area contributed by atoms with Gasteiger partial charge in [-0.2, -0.15) is 0 Å². The minimum atomic E-state index is -0.184. The Morgan fingerprint density at radius 3 is 2.52 bits per heavy atom. The van der Waals surface area contributed by atoms with Crippen molar-refractivity contribution in [1.29, 1.82) is 0 Å². The van der Waals surface area contributed by atoms with Gasteiger partial charge in [0.05, 0.1) is 14.2 Å². The van der Waals surface area contributed by atoms with Crippen LogP contribution in [-0.2, 0) is 0 Å². The number of ether oxygens (including phenoxy) is 2. The van der Waals surface area contributed by atoms with E-state index in [-0.39, 0.29) is 5.78 Å². The number of hydrogen-bond donors (Lipinski definition) is 0. The highest BCUT2D eigenvalue weighted by molar-refractivity contribution is 6.06. The summed E-state index contributed by atoms with van der Waals surface area (Å²) in [6.07, 6.45) is 3.20. The van der Waals surface area contributed by atoms with Gasteiger partial charge in [0, 0.05) is 5.39 Å². The number of rotatable bonds is 5. The average molecular weight is 308 g/mol. The molecule has 2 aromatic carbocycles. The van der Waals surface area contributed by atoms with Crippen molar-refractivity contribution in [2.75, 3.05) is 14.2 Å². The average Bonchev–Trinajstić information content (AvgIpc) is 3.03. The molecule has 4 heteroatoms. The van der Waals surface area contributed by atoms with Crippen LogP contribution in [0.15, 0.2) is 59.0 Å². The van der Waals surface area contributed by atoms with Crippen molar-refractivity contribution in [3.05, 3.63) is 65.9 Å². The van der Waals surface area contributed by atoms with Crippen molar-refractivity contribution in [3.63, 3.8) is 0 Å². The molecule has 0 aliphatic carbocycles. The summed E-state index contributed by atoms with van der Waals surface area (Å²) in [5.41, 5.74) is 1.54. The van der Waals surface area contributed by atoms with Gasteiger partial charge in [-0.25, -0.2) is 0 Å². The predicted octanol–water partition coefficient (Wildman–Crippen LogP) is 4.35. The summed E-state index contributed by atoms with van der Waals surface area (Å²) >= 11 is 0. The summed E-state index contributed by atoms with van der Waals surface area (Å²) in [7, 11) is 3.16. The van der Waals surface area contributed by atoms with Crippen molar-refractivity contribution in [1.82, 2.24) is 0 Å². The minimum Gasteiger partial charge on any atom is -0.493 e. The molecular formula is C19H16O4. The summed E-state index contributed by atoms with van der Waals surface area (Å²) in [4.78, 5) is 12.2. The standard InChI is InChI=1S/C19H16O4/c1-21-17-10-8-13(11-19(17)22-2)7-9-15(20)18-12-14-5-3-4-6-16(14)23-18/h3-12H,1-2H3/b9-7+. The Kier molecular flexibility index (Phi) is 4.15. The SMILES string of the molecule is COc1ccc(/C=C/C(=O)c2cc3ccccc3o2)cc1OC. The number of ketones is 1. The molecule has 0 fully saturated rings. The zero-order valence-electron chi connectivity index (χ0n) is 12.9. The van der Waals surface area contributed by atoms with E-state index >= 15 is 0 Å². The van der Waals surface area contributed by atoms with Gasteiger partial charge in [-0.15, -0.1) is 0 Å². The zero-order chi connectivity index (χ0) is 16.2. The molecule has 3 rings (SSSR count). The van der Waals surface area contributed by atoms with Crippen molar-refractivity contribution < 1.29 is 18.7 Å². The van der Waals surface area contributed by atoms with Crippen LogP contribution in [0.4, 0.5) is 0 Å². The molecule has 0 amide bonds. The second-order valence-electron chi connectivity index (χ2n) is 4.96. The summed E-state index contributed by atoms with van der Waals surface area (Å²) in [5.74, 6) is 1.40. The van der Waals surface area contributed by atoms with Gasteiger partial charge >= 0.3 is 0 Å². The monoisotopic (exact) mass is 308 g/mol. The van der Waals surface area contributed by atoms with E-state index in [4.69, 9.17) is 13.9 Å². The van der Waals surface area contributed by atoms with Crippen LogP contribution in [0.3, 0.4) is 0 Å². The molecule has 0 spiro atoms. The highest BCUT2D eigenvalue weighted by Crippen LogP contribution is 2.28. The molecule has 1 aromatic heterocycles. The maximum absolute atomic E-state index is 12.2. The number of hydrogen-bond acceptors (Lipinski definition) is 4. The molecule has 0 saturated carbocycles. The van der Waals surface area contributed by atoms with E-state index in [0.29, 0.717) is 22.8 Å². The summed E-state index contributed by atoms with van der Waals surface area (Å²) < 4.78 is 16.0. The van der Waals surface area contributed by atoms with Crippen LogP contribution in [-0.4, -0.2) is 20.0 Å². The Morgan fingerprint density at radius 2 is 1.78 bits per heavy atom. The molecule has 0 N–H and O–H groups in total. The molecule has 116 valence electrons. The molecular weight excluding hydrogens is 292 g/mol. The van der Waals surface area contributed by atoms with Gasteiger partial charge in [-0.1, -0.05) is 30.3 Å². The zero-order valence-corrected chi connectivity index (χ0v) is 12.9. The van der Waals surface area contributed by atoms with Crippen molar-refractivity contribution in [2.24, 2.45) is 0 Å². The highest BCUT2D eigenvalue weighted by Gasteiger charge is 2.09. The molecule has 0 radical (unpaired) electrons. The molecule has 0 atom stereocenters. The molecule has 4 nitrogen and oxygen atoms in total. The van der Waals surface area contributed by atoms with E-state index in [1.54, 1.807) is 38.5 Å². The molecule has 3 aromatic rings. The Labute approximate surface area is 133 Å². The number of carbonyl (C=O) groups is 1.